The standard InChI is InChI=1S/C19H22F3N3O/c1-11(2)17-24-16(8-25(17)14-5-18(6-14)9-26-10-18)13-4-15(19(20,21)22)12(3)23-7-13/h4,7-8,11,14H,5-6,9-10H2,1-3H3. The van der Waals surface area contributed by atoms with Crippen LogP contribution in [0.5, 0.6) is 0 Å². The molecule has 0 unspecified atom stereocenters. The van der Waals surface area contributed by atoms with Gasteiger partial charge in [-0.05, 0) is 25.8 Å². The first kappa shape index (κ1) is 17.5. The largest absolute Gasteiger partial charge is 0.418 e. The van der Waals surface area contributed by atoms with E-state index in [1.807, 2.05) is 6.20 Å². The van der Waals surface area contributed by atoms with Gasteiger partial charge in [0.2, 0.25) is 0 Å². The molecule has 0 atom stereocenters. The van der Waals surface area contributed by atoms with Crippen LogP contribution in [0.1, 0.15) is 55.7 Å². The predicted octanol–water partition coefficient (Wildman–Crippen LogP) is 4.75. The number of hydrogen-bond donors (Lipinski definition) is 0. The number of aromatic nitrogens is 3. The molecule has 4 rings (SSSR count). The number of rotatable bonds is 3. The zero-order chi connectivity index (χ0) is 18.7. The van der Waals surface area contributed by atoms with Crippen molar-refractivity contribution in [2.24, 2.45) is 5.41 Å². The van der Waals surface area contributed by atoms with Gasteiger partial charge < -0.3 is 9.30 Å². The molecule has 0 radical (unpaired) electrons. The highest BCUT2D eigenvalue weighted by atomic mass is 19.4. The van der Waals surface area contributed by atoms with Crippen LogP contribution in [0.15, 0.2) is 18.5 Å². The van der Waals surface area contributed by atoms with Gasteiger partial charge in [-0.25, -0.2) is 4.98 Å². The van der Waals surface area contributed by atoms with E-state index in [9.17, 15) is 13.2 Å². The molecule has 0 amide bonds. The Morgan fingerprint density at radius 3 is 2.50 bits per heavy atom. The number of alkyl halides is 3. The zero-order valence-corrected chi connectivity index (χ0v) is 15.1. The molecule has 2 aromatic rings. The molecule has 1 saturated heterocycles. The maximum absolute atomic E-state index is 13.2. The highest BCUT2D eigenvalue weighted by Crippen LogP contribution is 2.53. The summed E-state index contributed by atoms with van der Waals surface area (Å²) in [5.41, 5.74) is 0.556. The fraction of sp³-hybridized carbons (Fsp3) is 0.579. The number of pyridine rings is 1. The van der Waals surface area contributed by atoms with Crippen molar-refractivity contribution >= 4 is 0 Å². The predicted molar refractivity (Wildman–Crippen MR) is 90.8 cm³/mol. The molecule has 0 bridgehead atoms. The Balaban J connectivity index is 1.68. The van der Waals surface area contributed by atoms with Crippen LogP contribution in [-0.2, 0) is 10.9 Å². The normalized spacial score (nSPS) is 19.7. The van der Waals surface area contributed by atoms with Crippen LogP contribution in [0.2, 0.25) is 0 Å². The number of imidazole rings is 1. The van der Waals surface area contributed by atoms with E-state index in [1.54, 1.807) is 0 Å². The molecule has 3 heterocycles. The second-order valence-electron chi connectivity index (χ2n) is 7.96. The molecule has 2 aliphatic rings. The third-order valence-electron chi connectivity index (χ3n) is 5.51. The van der Waals surface area contributed by atoms with Crippen molar-refractivity contribution in [1.29, 1.82) is 0 Å². The van der Waals surface area contributed by atoms with Gasteiger partial charge in [0.1, 0.15) is 5.82 Å². The lowest BCUT2D eigenvalue weighted by Crippen LogP contribution is -2.52. The number of ether oxygens (including phenoxy) is 1. The highest BCUT2D eigenvalue weighted by molar-refractivity contribution is 5.59. The minimum atomic E-state index is -4.42. The Kier molecular flexibility index (Phi) is 3.91. The third-order valence-corrected chi connectivity index (χ3v) is 5.51. The fourth-order valence-corrected chi connectivity index (χ4v) is 3.99. The van der Waals surface area contributed by atoms with Crippen LogP contribution in [-0.4, -0.2) is 27.7 Å². The van der Waals surface area contributed by atoms with Crippen molar-refractivity contribution in [1.82, 2.24) is 14.5 Å². The molecule has 2 fully saturated rings. The lowest BCUT2D eigenvalue weighted by Gasteiger charge is -2.53. The van der Waals surface area contributed by atoms with E-state index >= 15 is 0 Å². The second kappa shape index (κ2) is 5.81. The smallest absolute Gasteiger partial charge is 0.380 e. The zero-order valence-electron chi connectivity index (χ0n) is 15.1. The first-order valence-electron chi connectivity index (χ1n) is 8.89. The lowest BCUT2D eigenvalue weighted by molar-refractivity contribution is -0.174. The number of halogens is 3. The van der Waals surface area contributed by atoms with E-state index in [-0.39, 0.29) is 11.6 Å². The number of nitrogens with zero attached hydrogens (tertiary/aromatic N) is 3. The van der Waals surface area contributed by atoms with Gasteiger partial charge in [-0.2, -0.15) is 13.2 Å². The molecule has 0 aromatic carbocycles. The average molecular weight is 365 g/mol. The van der Waals surface area contributed by atoms with Gasteiger partial charge in [0.15, 0.2) is 0 Å². The first-order valence-corrected chi connectivity index (χ1v) is 8.89. The SMILES string of the molecule is Cc1ncc(-c2cn(C3CC4(COC4)C3)c(C(C)C)n2)cc1C(F)(F)F. The highest BCUT2D eigenvalue weighted by Gasteiger charge is 2.50. The molecule has 7 heteroatoms. The van der Waals surface area contributed by atoms with Gasteiger partial charge in [0.05, 0.1) is 24.5 Å². The fourth-order valence-electron chi connectivity index (χ4n) is 3.99. The Morgan fingerprint density at radius 2 is 1.96 bits per heavy atom. The quantitative estimate of drug-likeness (QED) is 0.788. The number of aryl methyl sites for hydroxylation is 1. The summed E-state index contributed by atoms with van der Waals surface area (Å²) in [6, 6.07) is 1.50. The Morgan fingerprint density at radius 1 is 1.27 bits per heavy atom. The van der Waals surface area contributed by atoms with Crippen molar-refractivity contribution in [3.63, 3.8) is 0 Å². The summed E-state index contributed by atoms with van der Waals surface area (Å²) in [5.74, 6) is 1.10. The van der Waals surface area contributed by atoms with Gasteiger partial charge in [-0.15, -0.1) is 0 Å². The molecule has 0 N–H and O–H groups in total. The monoisotopic (exact) mass is 365 g/mol. The summed E-state index contributed by atoms with van der Waals surface area (Å²) in [7, 11) is 0. The third kappa shape index (κ3) is 2.82. The van der Waals surface area contributed by atoms with Crippen molar-refractivity contribution in [2.75, 3.05) is 13.2 Å². The van der Waals surface area contributed by atoms with Gasteiger partial charge in [-0.1, -0.05) is 13.8 Å². The molecule has 1 spiro atoms. The van der Waals surface area contributed by atoms with Crippen molar-refractivity contribution in [3.05, 3.63) is 35.5 Å². The minimum Gasteiger partial charge on any atom is -0.380 e. The molecular formula is C19H22F3N3O. The van der Waals surface area contributed by atoms with Crippen LogP contribution in [0.4, 0.5) is 13.2 Å². The molecule has 26 heavy (non-hydrogen) atoms. The molecule has 2 aromatic heterocycles. The van der Waals surface area contributed by atoms with E-state index in [0.717, 1.165) is 37.9 Å². The second-order valence-corrected chi connectivity index (χ2v) is 7.96. The van der Waals surface area contributed by atoms with E-state index in [0.29, 0.717) is 22.7 Å². The van der Waals surface area contributed by atoms with Crippen LogP contribution >= 0.6 is 0 Å². The molecule has 1 aliphatic heterocycles. The molecule has 140 valence electrons. The van der Waals surface area contributed by atoms with Gasteiger partial charge in [0, 0.05) is 41.0 Å². The summed E-state index contributed by atoms with van der Waals surface area (Å²) < 4.78 is 47.1. The Hall–Kier alpha value is -1.89. The molecular weight excluding hydrogens is 343 g/mol. The lowest BCUT2D eigenvalue weighted by atomic mass is 9.64. The molecule has 4 nitrogen and oxygen atoms in total. The summed E-state index contributed by atoms with van der Waals surface area (Å²) in [4.78, 5) is 8.60. The molecule has 1 saturated carbocycles. The average Bonchev–Trinajstić information content (AvgIpc) is 2.88. The van der Waals surface area contributed by atoms with Gasteiger partial charge in [-0.3, -0.25) is 4.98 Å². The molecule has 1 aliphatic carbocycles. The van der Waals surface area contributed by atoms with Crippen LogP contribution in [0.25, 0.3) is 11.3 Å². The summed E-state index contributed by atoms with van der Waals surface area (Å²) in [5, 5.41) is 0. The van der Waals surface area contributed by atoms with Crippen LogP contribution < -0.4 is 0 Å². The van der Waals surface area contributed by atoms with E-state index < -0.39 is 11.7 Å². The van der Waals surface area contributed by atoms with Crippen LogP contribution in [0, 0.1) is 12.3 Å². The van der Waals surface area contributed by atoms with E-state index in [2.05, 4.69) is 28.4 Å². The summed E-state index contributed by atoms with van der Waals surface area (Å²) in [6.07, 6.45) is 1.04. The van der Waals surface area contributed by atoms with Crippen molar-refractivity contribution in [2.45, 2.75) is 51.7 Å². The first-order chi connectivity index (χ1) is 12.2. The Labute approximate surface area is 150 Å². The topological polar surface area (TPSA) is 39.9 Å². The van der Waals surface area contributed by atoms with Crippen molar-refractivity contribution in [3.8, 4) is 11.3 Å². The van der Waals surface area contributed by atoms with E-state index in [1.165, 1.54) is 13.1 Å². The van der Waals surface area contributed by atoms with E-state index in [4.69, 9.17) is 4.74 Å². The summed E-state index contributed by atoms with van der Waals surface area (Å²) >= 11 is 0. The summed E-state index contributed by atoms with van der Waals surface area (Å²) in [6.45, 7) is 7.12. The number of hydrogen-bond acceptors (Lipinski definition) is 3. The Bertz CT molecular complexity index is 829. The maximum Gasteiger partial charge on any atom is 0.418 e. The van der Waals surface area contributed by atoms with Gasteiger partial charge >= 0.3 is 6.18 Å². The van der Waals surface area contributed by atoms with Gasteiger partial charge in [0.25, 0.3) is 0 Å². The minimum absolute atomic E-state index is 0.0179. The van der Waals surface area contributed by atoms with Crippen molar-refractivity contribution < 1.29 is 17.9 Å². The van der Waals surface area contributed by atoms with Crippen LogP contribution in [0.3, 0.4) is 0 Å². The maximum atomic E-state index is 13.2.